The van der Waals surface area contributed by atoms with Crippen molar-refractivity contribution in [3.63, 3.8) is 0 Å². The topological polar surface area (TPSA) is 55.6 Å². The van der Waals surface area contributed by atoms with Gasteiger partial charge in [0, 0.05) is 6.04 Å². The second kappa shape index (κ2) is 6.20. The number of benzene rings is 1. The number of para-hydroxylation sites is 1. The summed E-state index contributed by atoms with van der Waals surface area (Å²) in [6, 6.07) is 8.87. The van der Waals surface area contributed by atoms with Crippen molar-refractivity contribution in [2.45, 2.75) is 19.9 Å². The Morgan fingerprint density at radius 2 is 2.00 bits per heavy atom. The molecule has 0 aliphatic carbocycles. The third-order valence-electron chi connectivity index (χ3n) is 2.13. The fourth-order valence-corrected chi connectivity index (χ4v) is 1.41. The highest BCUT2D eigenvalue weighted by atomic mass is 32.1. The second-order valence-electron chi connectivity index (χ2n) is 3.87. The monoisotopic (exact) mass is 252 g/mol. The minimum atomic E-state index is -0.445. The SMILES string of the molecule is CC(C)N(CC(N)=S)C(=O)Oc1ccccc1. The molecule has 0 saturated heterocycles. The molecule has 2 N–H and O–H groups in total. The Morgan fingerprint density at radius 3 is 2.47 bits per heavy atom. The lowest BCUT2D eigenvalue weighted by molar-refractivity contribution is 0.147. The summed E-state index contributed by atoms with van der Waals surface area (Å²) in [7, 11) is 0. The van der Waals surface area contributed by atoms with Crippen molar-refractivity contribution in [3.05, 3.63) is 30.3 Å². The van der Waals surface area contributed by atoms with Crippen LogP contribution in [-0.4, -0.2) is 28.6 Å². The van der Waals surface area contributed by atoms with Crippen LogP contribution in [0.2, 0.25) is 0 Å². The van der Waals surface area contributed by atoms with Gasteiger partial charge in [-0.05, 0) is 26.0 Å². The molecule has 1 aromatic carbocycles. The largest absolute Gasteiger partial charge is 0.415 e. The number of amides is 1. The standard InChI is InChI=1S/C12H16N2O2S/c1-9(2)14(8-11(13)17)12(15)16-10-6-4-3-5-7-10/h3-7,9H,8H2,1-2H3,(H2,13,17). The van der Waals surface area contributed by atoms with Crippen LogP contribution in [0, 0.1) is 0 Å². The molecule has 0 bridgehead atoms. The summed E-state index contributed by atoms with van der Waals surface area (Å²) in [4.78, 5) is 13.6. The van der Waals surface area contributed by atoms with Crippen molar-refractivity contribution < 1.29 is 9.53 Å². The Morgan fingerprint density at radius 1 is 1.41 bits per heavy atom. The van der Waals surface area contributed by atoms with Gasteiger partial charge in [-0.3, -0.25) is 4.90 Å². The molecule has 0 aliphatic rings. The summed E-state index contributed by atoms with van der Waals surface area (Å²) >= 11 is 4.80. The first kappa shape index (κ1) is 13.4. The van der Waals surface area contributed by atoms with E-state index in [0.717, 1.165) is 0 Å². The predicted molar refractivity (Wildman–Crippen MR) is 71.1 cm³/mol. The highest BCUT2D eigenvalue weighted by molar-refractivity contribution is 7.80. The molecule has 1 rings (SSSR count). The first-order valence-electron chi connectivity index (χ1n) is 5.32. The third kappa shape index (κ3) is 4.40. The van der Waals surface area contributed by atoms with Crippen LogP contribution in [-0.2, 0) is 0 Å². The molecule has 0 fully saturated rings. The molecule has 4 nitrogen and oxygen atoms in total. The second-order valence-corrected chi connectivity index (χ2v) is 4.39. The zero-order valence-electron chi connectivity index (χ0n) is 9.92. The molecule has 0 unspecified atom stereocenters. The molecule has 0 aromatic heterocycles. The Hall–Kier alpha value is -1.62. The summed E-state index contributed by atoms with van der Waals surface area (Å²) < 4.78 is 5.21. The Bertz CT molecular complexity index is 393. The van der Waals surface area contributed by atoms with Crippen molar-refractivity contribution in [2.75, 3.05) is 6.54 Å². The maximum Gasteiger partial charge on any atom is 0.415 e. The average molecular weight is 252 g/mol. The van der Waals surface area contributed by atoms with Crippen molar-refractivity contribution >= 4 is 23.3 Å². The van der Waals surface area contributed by atoms with Crippen molar-refractivity contribution in [3.8, 4) is 5.75 Å². The fourth-order valence-electron chi connectivity index (χ4n) is 1.27. The number of nitrogens with zero attached hydrogens (tertiary/aromatic N) is 1. The number of thiocarbonyl (C=S) groups is 1. The maximum absolute atomic E-state index is 11.9. The van der Waals surface area contributed by atoms with E-state index in [4.69, 9.17) is 22.7 Å². The molecule has 0 saturated carbocycles. The van der Waals surface area contributed by atoms with E-state index >= 15 is 0 Å². The summed E-state index contributed by atoms with van der Waals surface area (Å²) in [5.74, 6) is 0.506. The molecule has 17 heavy (non-hydrogen) atoms. The number of ether oxygens (including phenoxy) is 1. The van der Waals surface area contributed by atoms with Gasteiger partial charge in [0.1, 0.15) is 5.75 Å². The molecule has 0 aliphatic heterocycles. The van der Waals surface area contributed by atoms with Crippen molar-refractivity contribution in [1.29, 1.82) is 0 Å². The fraction of sp³-hybridized carbons (Fsp3) is 0.333. The van der Waals surface area contributed by atoms with Crippen LogP contribution in [0.4, 0.5) is 4.79 Å². The van der Waals surface area contributed by atoms with Crippen LogP contribution < -0.4 is 10.5 Å². The van der Waals surface area contributed by atoms with Gasteiger partial charge in [-0.2, -0.15) is 0 Å². The van der Waals surface area contributed by atoms with Gasteiger partial charge in [0.15, 0.2) is 0 Å². The average Bonchev–Trinajstić information content (AvgIpc) is 2.26. The number of carbonyl (C=O) groups excluding carboxylic acids is 1. The quantitative estimate of drug-likeness (QED) is 0.834. The van der Waals surface area contributed by atoms with Crippen LogP contribution >= 0.6 is 12.2 Å². The number of nitrogens with two attached hydrogens (primary N) is 1. The molecule has 1 aromatic rings. The smallest absolute Gasteiger partial charge is 0.410 e. The van der Waals surface area contributed by atoms with Gasteiger partial charge in [0.05, 0.1) is 11.5 Å². The Kier molecular flexibility index (Phi) is 4.90. The van der Waals surface area contributed by atoms with Gasteiger partial charge in [-0.25, -0.2) is 4.79 Å². The molecule has 92 valence electrons. The van der Waals surface area contributed by atoms with E-state index in [2.05, 4.69) is 0 Å². The molecule has 5 heteroatoms. The lowest BCUT2D eigenvalue weighted by Gasteiger charge is -2.25. The van der Waals surface area contributed by atoms with E-state index in [9.17, 15) is 4.79 Å². The zero-order valence-corrected chi connectivity index (χ0v) is 10.7. The van der Waals surface area contributed by atoms with Gasteiger partial charge < -0.3 is 10.5 Å². The van der Waals surface area contributed by atoms with Gasteiger partial charge >= 0.3 is 6.09 Å². The summed E-state index contributed by atoms with van der Waals surface area (Å²) in [6.07, 6.45) is -0.445. The van der Waals surface area contributed by atoms with Gasteiger partial charge in [0.2, 0.25) is 0 Å². The first-order chi connectivity index (χ1) is 8.00. The molecular weight excluding hydrogens is 236 g/mol. The van der Waals surface area contributed by atoms with Crippen LogP contribution in [0.15, 0.2) is 30.3 Å². The van der Waals surface area contributed by atoms with Crippen molar-refractivity contribution in [2.24, 2.45) is 5.73 Å². The predicted octanol–water partition coefficient (Wildman–Crippen LogP) is 2.18. The summed E-state index contributed by atoms with van der Waals surface area (Å²) in [5, 5.41) is 0. The van der Waals surface area contributed by atoms with Crippen LogP contribution in [0.3, 0.4) is 0 Å². The minimum Gasteiger partial charge on any atom is -0.410 e. The molecule has 1 amide bonds. The van der Waals surface area contributed by atoms with E-state index in [1.165, 1.54) is 4.90 Å². The molecule has 0 spiro atoms. The molecule has 0 radical (unpaired) electrons. The Balaban J connectivity index is 2.69. The van der Waals surface area contributed by atoms with Gasteiger partial charge in [-0.15, -0.1) is 0 Å². The minimum absolute atomic E-state index is 0.0206. The first-order valence-corrected chi connectivity index (χ1v) is 5.73. The highest BCUT2D eigenvalue weighted by Crippen LogP contribution is 2.11. The lowest BCUT2D eigenvalue weighted by atomic mass is 10.3. The molecule has 0 heterocycles. The normalized spacial score (nSPS) is 10.1. The van der Waals surface area contributed by atoms with E-state index in [1.54, 1.807) is 24.3 Å². The number of rotatable bonds is 4. The third-order valence-corrected chi connectivity index (χ3v) is 2.26. The van der Waals surface area contributed by atoms with E-state index in [0.29, 0.717) is 5.75 Å². The number of hydrogen-bond donors (Lipinski definition) is 1. The maximum atomic E-state index is 11.9. The molecule has 0 atom stereocenters. The van der Waals surface area contributed by atoms with Crippen LogP contribution in [0.5, 0.6) is 5.75 Å². The van der Waals surface area contributed by atoms with E-state index < -0.39 is 6.09 Å². The van der Waals surface area contributed by atoms with Crippen molar-refractivity contribution in [1.82, 2.24) is 4.90 Å². The number of carbonyl (C=O) groups is 1. The van der Waals surface area contributed by atoms with Gasteiger partial charge in [-0.1, -0.05) is 30.4 Å². The van der Waals surface area contributed by atoms with Crippen LogP contribution in [0.1, 0.15) is 13.8 Å². The number of hydrogen-bond acceptors (Lipinski definition) is 3. The molecular formula is C12H16N2O2S. The zero-order chi connectivity index (χ0) is 12.8. The highest BCUT2D eigenvalue weighted by Gasteiger charge is 2.19. The van der Waals surface area contributed by atoms with E-state index in [1.807, 2.05) is 19.9 Å². The van der Waals surface area contributed by atoms with Crippen LogP contribution in [0.25, 0.3) is 0 Å². The Labute approximate surface area is 106 Å². The lowest BCUT2D eigenvalue weighted by Crippen LogP contribution is -2.43. The summed E-state index contributed by atoms with van der Waals surface area (Å²) in [6.45, 7) is 3.98. The van der Waals surface area contributed by atoms with Gasteiger partial charge in [0.25, 0.3) is 0 Å². The summed E-state index contributed by atoms with van der Waals surface area (Å²) in [5.41, 5.74) is 5.44. The van der Waals surface area contributed by atoms with E-state index in [-0.39, 0.29) is 17.6 Å².